The number of esters is 1. The summed E-state index contributed by atoms with van der Waals surface area (Å²) in [6, 6.07) is 6.44. The summed E-state index contributed by atoms with van der Waals surface area (Å²) >= 11 is 1.33. The number of ether oxygens (including phenoxy) is 1. The molecule has 9 heteroatoms. The van der Waals surface area contributed by atoms with E-state index in [1.807, 2.05) is 13.0 Å². The maximum Gasteiger partial charge on any atom is 0.341 e. The first-order valence-corrected chi connectivity index (χ1v) is 11.2. The average Bonchev–Trinajstić information content (AvgIpc) is 3.15. The third kappa shape index (κ3) is 4.86. The molecule has 1 aromatic carbocycles. The molecule has 0 bridgehead atoms. The van der Waals surface area contributed by atoms with Crippen LogP contribution in [0.4, 0.5) is 10.7 Å². The number of aryl methyl sites for hydroxylation is 2. The number of fused-ring (bicyclic) bond motifs is 1. The Morgan fingerprint density at radius 1 is 1.31 bits per heavy atom. The Bertz CT molecular complexity index is 1140. The number of hydrogen-bond acceptors (Lipinski definition) is 7. The van der Waals surface area contributed by atoms with Gasteiger partial charge in [0.15, 0.2) is 0 Å². The predicted octanol–water partition coefficient (Wildman–Crippen LogP) is 4.82. The minimum atomic E-state index is -0.682. The number of nitro benzene ring substituents is 1. The molecule has 1 aliphatic carbocycles. The molecule has 0 saturated carbocycles. The van der Waals surface area contributed by atoms with Crippen LogP contribution in [-0.2, 0) is 28.8 Å². The normalized spacial score (nSPS) is 13.1. The number of thiophene rings is 1. The average molecular weight is 454 g/mol. The fraction of sp³-hybridized carbons (Fsp3) is 0.348. The summed E-state index contributed by atoms with van der Waals surface area (Å²) in [6.07, 6.45) is 5.34. The molecule has 32 heavy (non-hydrogen) atoms. The molecular formula is C23H23N3O5S. The van der Waals surface area contributed by atoms with E-state index in [2.05, 4.69) is 5.32 Å². The van der Waals surface area contributed by atoms with E-state index in [0.717, 1.165) is 36.1 Å². The number of amides is 1. The summed E-state index contributed by atoms with van der Waals surface area (Å²) < 4.78 is 5.19. The highest BCUT2D eigenvalue weighted by molar-refractivity contribution is 7.17. The van der Waals surface area contributed by atoms with Crippen LogP contribution in [0.2, 0.25) is 0 Å². The topological polar surface area (TPSA) is 122 Å². The van der Waals surface area contributed by atoms with Gasteiger partial charge in [-0.25, -0.2) is 4.79 Å². The van der Waals surface area contributed by atoms with Gasteiger partial charge in [0.1, 0.15) is 16.6 Å². The molecule has 2 aromatic rings. The van der Waals surface area contributed by atoms with E-state index in [4.69, 9.17) is 4.74 Å². The van der Waals surface area contributed by atoms with Crippen molar-refractivity contribution in [3.63, 3.8) is 0 Å². The molecule has 1 N–H and O–H groups in total. The molecule has 1 amide bonds. The zero-order valence-electron chi connectivity index (χ0n) is 17.9. The molecule has 0 spiro atoms. The van der Waals surface area contributed by atoms with Crippen LogP contribution in [0.3, 0.4) is 0 Å². The van der Waals surface area contributed by atoms with Crippen molar-refractivity contribution in [3.05, 3.63) is 61.0 Å². The van der Waals surface area contributed by atoms with E-state index in [0.29, 0.717) is 28.1 Å². The zero-order chi connectivity index (χ0) is 23.3. The quantitative estimate of drug-likeness (QED) is 0.211. The number of anilines is 1. The molecule has 0 unspecified atom stereocenters. The van der Waals surface area contributed by atoms with Crippen LogP contribution in [0.15, 0.2) is 23.8 Å². The second-order valence-corrected chi connectivity index (χ2v) is 8.36. The summed E-state index contributed by atoms with van der Waals surface area (Å²) in [5.41, 5.74) is 1.93. The van der Waals surface area contributed by atoms with Crippen LogP contribution >= 0.6 is 11.3 Å². The van der Waals surface area contributed by atoms with E-state index in [1.54, 1.807) is 19.1 Å². The van der Waals surface area contributed by atoms with Gasteiger partial charge in [-0.1, -0.05) is 19.1 Å². The highest BCUT2D eigenvalue weighted by Crippen LogP contribution is 2.38. The molecule has 1 heterocycles. The minimum Gasteiger partial charge on any atom is -0.462 e. The Kier molecular flexibility index (Phi) is 7.38. The first-order chi connectivity index (χ1) is 15.4. The number of hydrogen-bond donors (Lipinski definition) is 1. The van der Waals surface area contributed by atoms with Crippen LogP contribution in [0.1, 0.15) is 58.6 Å². The Morgan fingerprint density at radius 3 is 2.72 bits per heavy atom. The Balaban J connectivity index is 1.93. The van der Waals surface area contributed by atoms with Gasteiger partial charge in [0, 0.05) is 16.5 Å². The van der Waals surface area contributed by atoms with Gasteiger partial charge in [-0.15, -0.1) is 11.3 Å². The highest BCUT2D eigenvalue weighted by Gasteiger charge is 2.28. The molecular weight excluding hydrogens is 430 g/mol. The number of nitrogens with zero attached hydrogens (tertiary/aromatic N) is 2. The van der Waals surface area contributed by atoms with Crippen molar-refractivity contribution in [2.24, 2.45) is 0 Å². The van der Waals surface area contributed by atoms with Gasteiger partial charge in [-0.05, 0) is 56.2 Å². The number of rotatable bonds is 7. The van der Waals surface area contributed by atoms with E-state index in [9.17, 15) is 25.0 Å². The Morgan fingerprint density at radius 2 is 2.06 bits per heavy atom. The number of nitrogens with one attached hydrogen (secondary N) is 1. The second kappa shape index (κ2) is 10.2. The lowest BCUT2D eigenvalue weighted by Crippen LogP contribution is -2.16. The van der Waals surface area contributed by atoms with Gasteiger partial charge in [-0.3, -0.25) is 14.9 Å². The first-order valence-electron chi connectivity index (χ1n) is 10.4. The summed E-state index contributed by atoms with van der Waals surface area (Å²) in [5, 5.41) is 23.9. The van der Waals surface area contributed by atoms with Gasteiger partial charge in [0.2, 0.25) is 0 Å². The van der Waals surface area contributed by atoms with Gasteiger partial charge in [0.25, 0.3) is 11.6 Å². The largest absolute Gasteiger partial charge is 0.462 e. The Labute approximate surface area is 189 Å². The van der Waals surface area contributed by atoms with Gasteiger partial charge < -0.3 is 10.1 Å². The van der Waals surface area contributed by atoms with Crippen molar-refractivity contribution in [2.75, 3.05) is 11.9 Å². The number of benzene rings is 1. The first kappa shape index (κ1) is 23.2. The fourth-order valence-corrected chi connectivity index (χ4v) is 4.97. The SMILES string of the molecule is CCOC(=O)c1c(NC(=O)C(C#N)=Cc2ccc(CC)c([N+](=O)[O-])c2)sc2c1CCCC2. The van der Waals surface area contributed by atoms with Crippen molar-refractivity contribution in [2.45, 2.75) is 46.0 Å². The van der Waals surface area contributed by atoms with Crippen molar-refractivity contribution < 1.29 is 19.2 Å². The summed E-state index contributed by atoms with van der Waals surface area (Å²) in [4.78, 5) is 37.3. The predicted molar refractivity (Wildman–Crippen MR) is 122 cm³/mol. The summed E-state index contributed by atoms with van der Waals surface area (Å²) in [7, 11) is 0. The lowest BCUT2D eigenvalue weighted by atomic mass is 9.95. The number of carbonyl (C=O) groups is 2. The van der Waals surface area contributed by atoms with Crippen molar-refractivity contribution >= 4 is 40.0 Å². The number of carbonyl (C=O) groups excluding carboxylic acids is 2. The molecule has 8 nitrogen and oxygen atoms in total. The third-order valence-corrected chi connectivity index (χ3v) is 6.45. The summed E-state index contributed by atoms with van der Waals surface area (Å²) in [6.45, 7) is 3.75. The van der Waals surface area contributed by atoms with Crippen molar-refractivity contribution in [1.82, 2.24) is 0 Å². The molecule has 0 saturated heterocycles. The number of nitriles is 1. The van der Waals surface area contributed by atoms with Crippen LogP contribution in [-0.4, -0.2) is 23.4 Å². The summed E-state index contributed by atoms with van der Waals surface area (Å²) in [5.74, 6) is -1.17. The molecule has 0 fully saturated rings. The maximum absolute atomic E-state index is 12.9. The molecule has 3 rings (SSSR count). The molecule has 0 aliphatic heterocycles. The zero-order valence-corrected chi connectivity index (χ0v) is 18.7. The monoisotopic (exact) mass is 453 g/mol. The maximum atomic E-state index is 12.9. The highest BCUT2D eigenvalue weighted by atomic mass is 32.1. The molecule has 1 aliphatic rings. The minimum absolute atomic E-state index is 0.0607. The smallest absolute Gasteiger partial charge is 0.341 e. The van der Waals surface area contributed by atoms with E-state index in [-0.39, 0.29) is 17.9 Å². The van der Waals surface area contributed by atoms with Gasteiger partial charge in [-0.2, -0.15) is 5.26 Å². The number of nitro groups is 1. The van der Waals surface area contributed by atoms with E-state index in [1.165, 1.54) is 23.5 Å². The van der Waals surface area contributed by atoms with E-state index >= 15 is 0 Å². The molecule has 1 aromatic heterocycles. The van der Waals surface area contributed by atoms with Crippen LogP contribution in [0.25, 0.3) is 6.08 Å². The van der Waals surface area contributed by atoms with Gasteiger partial charge >= 0.3 is 5.97 Å². The van der Waals surface area contributed by atoms with Gasteiger partial charge in [0.05, 0.1) is 17.1 Å². The van der Waals surface area contributed by atoms with E-state index < -0.39 is 16.8 Å². The fourth-order valence-electron chi connectivity index (χ4n) is 3.70. The van der Waals surface area contributed by atoms with Crippen molar-refractivity contribution in [1.29, 1.82) is 5.26 Å². The lowest BCUT2D eigenvalue weighted by molar-refractivity contribution is -0.385. The second-order valence-electron chi connectivity index (χ2n) is 7.26. The van der Waals surface area contributed by atoms with Crippen LogP contribution < -0.4 is 5.32 Å². The molecule has 0 radical (unpaired) electrons. The molecule has 0 atom stereocenters. The standard InChI is InChI=1S/C23H23N3O5S/c1-3-15-10-9-14(12-18(15)26(29)30)11-16(13-24)21(27)25-22-20(23(28)31-4-2)17-7-5-6-8-19(17)32-22/h9-12H,3-8H2,1-2H3,(H,25,27). The lowest BCUT2D eigenvalue weighted by Gasteiger charge is -2.12. The Hall–Kier alpha value is -3.51. The molecule has 166 valence electrons. The van der Waals surface area contributed by atoms with Crippen molar-refractivity contribution in [3.8, 4) is 6.07 Å². The third-order valence-electron chi connectivity index (χ3n) is 5.24. The van der Waals surface area contributed by atoms with Crippen LogP contribution in [0, 0.1) is 21.4 Å². The van der Waals surface area contributed by atoms with Crippen LogP contribution in [0.5, 0.6) is 0 Å².